The number of carbonyl (C=O) groups is 1. The van der Waals surface area contributed by atoms with Gasteiger partial charge in [-0.1, -0.05) is 23.7 Å². The Labute approximate surface area is 167 Å². The highest BCUT2D eigenvalue weighted by atomic mass is 35.5. The summed E-state index contributed by atoms with van der Waals surface area (Å²) in [5.41, 5.74) is 0.629. The lowest BCUT2D eigenvalue weighted by atomic mass is 10.2. The van der Waals surface area contributed by atoms with Crippen LogP contribution in [0.4, 0.5) is 8.78 Å². The molecule has 1 aromatic heterocycles. The van der Waals surface area contributed by atoms with Gasteiger partial charge in [0.15, 0.2) is 0 Å². The molecule has 2 heterocycles. The van der Waals surface area contributed by atoms with E-state index in [1.807, 2.05) is 29.2 Å². The molecule has 6 nitrogen and oxygen atoms in total. The molecule has 9 heteroatoms. The minimum absolute atomic E-state index is 0.127. The maximum Gasteiger partial charge on any atom is 0.341 e. The van der Waals surface area contributed by atoms with Gasteiger partial charge in [0.1, 0.15) is 11.3 Å². The quantitative estimate of drug-likeness (QED) is 0.652. The third-order valence-corrected chi connectivity index (χ3v) is 4.95. The Hall–Kier alpha value is -2.03. The Bertz CT molecular complexity index is 790. The van der Waals surface area contributed by atoms with E-state index >= 15 is 0 Å². The number of hydrogen-bond acceptors (Lipinski definition) is 5. The van der Waals surface area contributed by atoms with Gasteiger partial charge in [-0.05, 0) is 24.6 Å². The van der Waals surface area contributed by atoms with Crippen LogP contribution in [0.15, 0.2) is 30.5 Å². The van der Waals surface area contributed by atoms with Gasteiger partial charge in [-0.15, -0.1) is 0 Å². The van der Waals surface area contributed by atoms with E-state index in [-0.39, 0.29) is 24.5 Å². The average molecular weight is 413 g/mol. The number of halogens is 3. The van der Waals surface area contributed by atoms with Gasteiger partial charge in [-0.2, -0.15) is 5.10 Å². The van der Waals surface area contributed by atoms with E-state index in [4.69, 9.17) is 16.3 Å². The van der Waals surface area contributed by atoms with Gasteiger partial charge in [0.2, 0.25) is 0 Å². The monoisotopic (exact) mass is 412 g/mol. The zero-order valence-electron chi connectivity index (χ0n) is 15.7. The SMILES string of the molecule is CCOC(=O)c1cnn(CN2CCN(Cc3ccc(Cl)cc3)CC2)c1C(F)F. The lowest BCUT2D eigenvalue weighted by Crippen LogP contribution is -2.46. The van der Waals surface area contributed by atoms with Crippen LogP contribution in [0, 0.1) is 0 Å². The molecule has 0 spiro atoms. The fraction of sp³-hybridized carbons (Fsp3) is 0.474. The second-order valence-corrected chi connectivity index (χ2v) is 7.06. The van der Waals surface area contributed by atoms with Crippen molar-refractivity contribution in [3.63, 3.8) is 0 Å². The molecule has 0 unspecified atom stereocenters. The van der Waals surface area contributed by atoms with E-state index in [1.54, 1.807) is 6.92 Å². The van der Waals surface area contributed by atoms with Crippen molar-refractivity contribution in [3.8, 4) is 0 Å². The van der Waals surface area contributed by atoms with E-state index in [9.17, 15) is 13.6 Å². The Balaban J connectivity index is 1.58. The van der Waals surface area contributed by atoms with Crippen LogP contribution >= 0.6 is 11.6 Å². The van der Waals surface area contributed by atoms with Gasteiger partial charge in [0.25, 0.3) is 6.43 Å². The van der Waals surface area contributed by atoms with Crippen molar-refractivity contribution in [2.75, 3.05) is 32.8 Å². The van der Waals surface area contributed by atoms with E-state index < -0.39 is 12.4 Å². The topological polar surface area (TPSA) is 50.6 Å². The molecule has 0 N–H and O–H groups in total. The predicted molar refractivity (Wildman–Crippen MR) is 101 cm³/mol. The fourth-order valence-electron chi connectivity index (χ4n) is 3.23. The van der Waals surface area contributed by atoms with Crippen LogP contribution in [-0.4, -0.2) is 58.3 Å². The largest absolute Gasteiger partial charge is 0.462 e. The van der Waals surface area contributed by atoms with Crippen molar-refractivity contribution in [2.45, 2.75) is 26.6 Å². The van der Waals surface area contributed by atoms with E-state index in [1.165, 1.54) is 10.2 Å². The molecule has 1 aromatic carbocycles. The molecule has 2 aromatic rings. The molecule has 152 valence electrons. The number of aromatic nitrogens is 2. The van der Waals surface area contributed by atoms with Crippen molar-refractivity contribution >= 4 is 17.6 Å². The first-order valence-corrected chi connectivity index (χ1v) is 9.56. The van der Waals surface area contributed by atoms with E-state index in [0.717, 1.165) is 38.9 Å². The first-order chi connectivity index (χ1) is 13.5. The van der Waals surface area contributed by atoms with Gasteiger partial charge in [0.05, 0.1) is 19.5 Å². The second kappa shape index (κ2) is 9.45. The van der Waals surface area contributed by atoms with Crippen LogP contribution in [0.1, 0.15) is 35.0 Å². The molecule has 0 amide bonds. The Morgan fingerprint density at radius 1 is 1.18 bits per heavy atom. The van der Waals surface area contributed by atoms with Crippen molar-refractivity contribution in [3.05, 3.63) is 52.3 Å². The van der Waals surface area contributed by atoms with Gasteiger partial charge < -0.3 is 4.74 Å². The molecule has 1 aliphatic heterocycles. The van der Waals surface area contributed by atoms with E-state index in [0.29, 0.717) is 5.02 Å². The number of benzene rings is 1. The fourth-order valence-corrected chi connectivity index (χ4v) is 3.36. The first kappa shape index (κ1) is 20.7. The Morgan fingerprint density at radius 3 is 2.43 bits per heavy atom. The van der Waals surface area contributed by atoms with Gasteiger partial charge >= 0.3 is 5.97 Å². The third kappa shape index (κ3) is 5.06. The highest BCUT2D eigenvalue weighted by Crippen LogP contribution is 2.24. The lowest BCUT2D eigenvalue weighted by Gasteiger charge is -2.34. The number of hydrogen-bond donors (Lipinski definition) is 0. The summed E-state index contributed by atoms with van der Waals surface area (Å²) in [5, 5.41) is 4.71. The molecular weight excluding hydrogens is 390 g/mol. The smallest absolute Gasteiger partial charge is 0.341 e. The molecule has 0 saturated carbocycles. The summed E-state index contributed by atoms with van der Waals surface area (Å²) >= 11 is 5.91. The van der Waals surface area contributed by atoms with Crippen LogP contribution in [0.2, 0.25) is 5.02 Å². The summed E-state index contributed by atoms with van der Waals surface area (Å²) < 4.78 is 33.1. The normalized spacial score (nSPS) is 15.9. The molecule has 1 saturated heterocycles. The highest BCUT2D eigenvalue weighted by molar-refractivity contribution is 6.30. The van der Waals surface area contributed by atoms with Gasteiger partial charge in [0, 0.05) is 37.7 Å². The Kier molecular flexibility index (Phi) is 6.98. The summed E-state index contributed by atoms with van der Waals surface area (Å²) in [5.74, 6) is -0.767. The van der Waals surface area contributed by atoms with Crippen molar-refractivity contribution in [1.29, 1.82) is 0 Å². The molecule has 0 bridgehead atoms. The number of alkyl halides is 2. The summed E-state index contributed by atoms with van der Waals surface area (Å²) in [4.78, 5) is 16.2. The van der Waals surface area contributed by atoms with Crippen molar-refractivity contribution < 1.29 is 18.3 Å². The van der Waals surface area contributed by atoms with E-state index in [2.05, 4.69) is 10.00 Å². The number of piperazine rings is 1. The first-order valence-electron chi connectivity index (χ1n) is 9.18. The van der Waals surface area contributed by atoms with Crippen LogP contribution in [-0.2, 0) is 18.0 Å². The summed E-state index contributed by atoms with van der Waals surface area (Å²) in [7, 11) is 0. The molecule has 0 atom stereocenters. The summed E-state index contributed by atoms with van der Waals surface area (Å²) in [6.45, 7) is 5.89. The molecule has 0 aliphatic carbocycles. The van der Waals surface area contributed by atoms with Crippen LogP contribution in [0.25, 0.3) is 0 Å². The number of esters is 1. The minimum Gasteiger partial charge on any atom is -0.462 e. The molecular formula is C19H23ClF2N4O2. The molecule has 1 aliphatic rings. The molecule has 28 heavy (non-hydrogen) atoms. The standard InChI is InChI=1S/C19H23ClF2N4O2/c1-2-28-19(27)16-11-23-26(17(16)18(21)22)13-25-9-7-24(8-10-25)12-14-3-5-15(20)6-4-14/h3-6,11,18H,2,7-10,12-13H2,1H3. The Morgan fingerprint density at radius 2 is 1.82 bits per heavy atom. The number of rotatable bonds is 7. The molecule has 0 radical (unpaired) electrons. The van der Waals surface area contributed by atoms with Gasteiger partial charge in [-0.25, -0.2) is 18.3 Å². The number of ether oxygens (including phenoxy) is 1. The molecule has 3 rings (SSSR count). The maximum atomic E-state index is 13.5. The second-order valence-electron chi connectivity index (χ2n) is 6.63. The maximum absolute atomic E-state index is 13.5. The summed E-state index contributed by atoms with van der Waals surface area (Å²) in [6.07, 6.45) is -1.64. The zero-order chi connectivity index (χ0) is 20.1. The summed E-state index contributed by atoms with van der Waals surface area (Å²) in [6, 6.07) is 7.75. The van der Waals surface area contributed by atoms with Crippen LogP contribution in [0.5, 0.6) is 0 Å². The third-order valence-electron chi connectivity index (χ3n) is 4.70. The number of nitrogens with zero attached hydrogens (tertiary/aromatic N) is 4. The van der Waals surface area contributed by atoms with Gasteiger partial charge in [-0.3, -0.25) is 9.80 Å². The predicted octanol–water partition coefficient (Wildman–Crippen LogP) is 3.43. The lowest BCUT2D eigenvalue weighted by molar-refractivity contribution is 0.0509. The minimum atomic E-state index is -2.80. The zero-order valence-corrected chi connectivity index (χ0v) is 16.4. The van der Waals surface area contributed by atoms with Crippen molar-refractivity contribution in [1.82, 2.24) is 19.6 Å². The van der Waals surface area contributed by atoms with Crippen LogP contribution < -0.4 is 0 Å². The highest BCUT2D eigenvalue weighted by Gasteiger charge is 2.27. The van der Waals surface area contributed by atoms with Crippen LogP contribution in [0.3, 0.4) is 0 Å². The van der Waals surface area contributed by atoms with Crippen molar-refractivity contribution in [2.24, 2.45) is 0 Å². The number of carbonyl (C=O) groups excluding carboxylic acids is 1. The molecule has 1 fully saturated rings. The average Bonchev–Trinajstić information content (AvgIpc) is 3.09.